The van der Waals surface area contributed by atoms with Crippen molar-refractivity contribution in [2.24, 2.45) is 23.7 Å². The van der Waals surface area contributed by atoms with Crippen molar-refractivity contribution in [3.05, 3.63) is 0 Å². The number of fused-ring (bicyclic) bond motifs is 1. The van der Waals surface area contributed by atoms with E-state index in [0.717, 1.165) is 19.3 Å². The highest BCUT2D eigenvalue weighted by Gasteiger charge is 2.55. The number of hydrogen-bond acceptors (Lipinski definition) is 2. The van der Waals surface area contributed by atoms with Gasteiger partial charge in [-0.3, -0.25) is 9.59 Å². The average molecular weight is 265 g/mol. The van der Waals surface area contributed by atoms with Gasteiger partial charge >= 0.3 is 5.97 Å². The van der Waals surface area contributed by atoms with E-state index in [1.165, 1.54) is 25.7 Å². The van der Waals surface area contributed by atoms with E-state index in [1.807, 2.05) is 0 Å². The van der Waals surface area contributed by atoms with Crippen molar-refractivity contribution in [1.82, 2.24) is 5.32 Å². The first kappa shape index (κ1) is 12.9. The third-order valence-electron chi connectivity index (χ3n) is 5.37. The van der Waals surface area contributed by atoms with Gasteiger partial charge in [-0.25, -0.2) is 0 Å². The molecule has 0 heterocycles. The van der Waals surface area contributed by atoms with Crippen molar-refractivity contribution in [2.45, 2.75) is 57.4 Å². The number of hydrogen-bond donors (Lipinski definition) is 2. The second-order valence-electron chi connectivity index (χ2n) is 6.48. The summed E-state index contributed by atoms with van der Waals surface area (Å²) in [5, 5.41) is 12.3. The number of carboxylic acid groups (broad SMARTS) is 1. The van der Waals surface area contributed by atoms with Crippen molar-refractivity contribution < 1.29 is 14.7 Å². The Hall–Kier alpha value is -1.06. The average Bonchev–Trinajstić information content (AvgIpc) is 3.13. The predicted molar refractivity (Wildman–Crippen MR) is 70.5 cm³/mol. The maximum absolute atomic E-state index is 12.3. The molecule has 4 atom stereocenters. The quantitative estimate of drug-likeness (QED) is 0.822. The Bertz CT molecular complexity index is 370. The molecule has 3 aliphatic rings. The summed E-state index contributed by atoms with van der Waals surface area (Å²) < 4.78 is 0. The number of amides is 1. The van der Waals surface area contributed by atoms with Crippen LogP contribution >= 0.6 is 0 Å². The van der Waals surface area contributed by atoms with Crippen LogP contribution in [-0.4, -0.2) is 23.0 Å². The molecule has 0 spiro atoms. The van der Waals surface area contributed by atoms with Crippen LogP contribution < -0.4 is 5.32 Å². The van der Waals surface area contributed by atoms with Gasteiger partial charge in [-0.2, -0.15) is 0 Å². The van der Waals surface area contributed by atoms with Gasteiger partial charge in [0.2, 0.25) is 5.91 Å². The van der Waals surface area contributed by atoms with E-state index in [2.05, 4.69) is 5.32 Å². The molecule has 2 N–H and O–H groups in total. The van der Waals surface area contributed by atoms with Crippen LogP contribution in [-0.2, 0) is 9.59 Å². The summed E-state index contributed by atoms with van der Waals surface area (Å²) in [5.41, 5.74) is 0. The highest BCUT2D eigenvalue weighted by molar-refractivity contribution is 5.83. The van der Waals surface area contributed by atoms with E-state index < -0.39 is 5.97 Å². The number of aliphatic carboxylic acids is 1. The third-order valence-corrected chi connectivity index (χ3v) is 5.37. The molecule has 1 amide bonds. The first-order chi connectivity index (χ1) is 9.18. The van der Waals surface area contributed by atoms with Crippen molar-refractivity contribution in [3.63, 3.8) is 0 Å². The normalized spacial score (nSPS) is 41.2. The predicted octanol–water partition coefficient (Wildman–Crippen LogP) is 2.18. The molecular formula is C15H23NO3. The lowest BCUT2D eigenvalue weighted by molar-refractivity contribution is -0.144. The lowest BCUT2D eigenvalue weighted by Crippen LogP contribution is -2.45. The number of nitrogens with one attached hydrogen (secondary N) is 1. The van der Waals surface area contributed by atoms with Crippen LogP contribution in [0.15, 0.2) is 0 Å². The molecule has 3 rings (SSSR count). The Labute approximate surface area is 113 Å². The van der Waals surface area contributed by atoms with Gasteiger partial charge in [-0.1, -0.05) is 25.7 Å². The molecule has 4 unspecified atom stereocenters. The van der Waals surface area contributed by atoms with Gasteiger partial charge in [0.15, 0.2) is 0 Å². The van der Waals surface area contributed by atoms with Crippen LogP contribution in [0.1, 0.15) is 51.4 Å². The summed E-state index contributed by atoms with van der Waals surface area (Å²) in [4.78, 5) is 23.5. The molecule has 19 heavy (non-hydrogen) atoms. The fraction of sp³-hybridized carbons (Fsp3) is 0.867. The topological polar surface area (TPSA) is 66.4 Å². The molecule has 4 heteroatoms. The van der Waals surface area contributed by atoms with E-state index in [0.29, 0.717) is 18.3 Å². The van der Waals surface area contributed by atoms with E-state index in [-0.39, 0.29) is 23.8 Å². The Morgan fingerprint density at radius 2 is 1.47 bits per heavy atom. The van der Waals surface area contributed by atoms with Crippen molar-refractivity contribution in [1.29, 1.82) is 0 Å². The highest BCUT2D eigenvalue weighted by atomic mass is 16.4. The molecule has 3 fully saturated rings. The van der Waals surface area contributed by atoms with Gasteiger partial charge in [0, 0.05) is 12.0 Å². The fourth-order valence-electron chi connectivity index (χ4n) is 4.26. The second-order valence-corrected chi connectivity index (χ2v) is 6.48. The van der Waals surface area contributed by atoms with Gasteiger partial charge in [-0.15, -0.1) is 0 Å². The summed E-state index contributed by atoms with van der Waals surface area (Å²) >= 11 is 0. The molecule has 106 valence electrons. The molecule has 0 aromatic heterocycles. The molecule has 0 radical (unpaired) electrons. The van der Waals surface area contributed by atoms with Crippen LogP contribution in [0, 0.1) is 23.7 Å². The minimum Gasteiger partial charge on any atom is -0.481 e. The summed E-state index contributed by atoms with van der Waals surface area (Å²) in [6.07, 6.45) is 8.43. The van der Waals surface area contributed by atoms with Gasteiger partial charge in [0.25, 0.3) is 0 Å². The van der Waals surface area contributed by atoms with E-state index in [4.69, 9.17) is 0 Å². The minimum atomic E-state index is -0.752. The van der Waals surface area contributed by atoms with Crippen molar-refractivity contribution in [3.8, 4) is 0 Å². The van der Waals surface area contributed by atoms with E-state index in [1.54, 1.807) is 0 Å². The Morgan fingerprint density at radius 3 is 2.11 bits per heavy atom. The van der Waals surface area contributed by atoms with Crippen LogP contribution in [0.2, 0.25) is 0 Å². The second kappa shape index (κ2) is 5.14. The molecule has 0 aromatic carbocycles. The van der Waals surface area contributed by atoms with Crippen molar-refractivity contribution in [2.75, 3.05) is 0 Å². The summed E-state index contributed by atoms with van der Waals surface area (Å²) in [6, 6.07) is -0.138. The number of carbonyl (C=O) groups excluding carboxylic acids is 1. The zero-order chi connectivity index (χ0) is 13.4. The standard InChI is InChI=1S/C15H23NO3/c17-14(13-9-5-1-2-6-10(9)13)16-12-8-4-3-7-11(12)15(18)19/h9-13H,1-8H2,(H,16,17)(H,18,19). The molecule has 0 aliphatic heterocycles. The molecule has 0 saturated heterocycles. The lowest BCUT2D eigenvalue weighted by Gasteiger charge is -2.29. The Kier molecular flexibility index (Phi) is 3.50. The highest BCUT2D eigenvalue weighted by Crippen LogP contribution is 2.55. The molecular weight excluding hydrogens is 242 g/mol. The molecule has 0 bridgehead atoms. The van der Waals surface area contributed by atoms with E-state index in [9.17, 15) is 14.7 Å². The maximum atomic E-state index is 12.3. The number of rotatable bonds is 3. The first-order valence-corrected chi connectivity index (χ1v) is 7.71. The summed E-state index contributed by atoms with van der Waals surface area (Å²) in [7, 11) is 0. The third kappa shape index (κ3) is 2.49. The fourth-order valence-corrected chi connectivity index (χ4v) is 4.26. The molecule has 0 aromatic rings. The molecule has 4 nitrogen and oxygen atoms in total. The van der Waals surface area contributed by atoms with Crippen LogP contribution in [0.3, 0.4) is 0 Å². The Morgan fingerprint density at radius 1 is 0.895 bits per heavy atom. The summed E-state index contributed by atoms with van der Waals surface area (Å²) in [6.45, 7) is 0. The van der Waals surface area contributed by atoms with Crippen LogP contribution in [0.25, 0.3) is 0 Å². The minimum absolute atomic E-state index is 0.134. The SMILES string of the molecule is O=C(O)C1CCCCC1NC(=O)C1C2CCCCC21. The number of carbonyl (C=O) groups is 2. The van der Waals surface area contributed by atoms with Gasteiger partial charge in [0.1, 0.15) is 0 Å². The van der Waals surface area contributed by atoms with Crippen molar-refractivity contribution >= 4 is 11.9 Å². The number of carboxylic acids is 1. The zero-order valence-electron chi connectivity index (χ0n) is 11.3. The van der Waals surface area contributed by atoms with Gasteiger partial charge < -0.3 is 10.4 Å². The zero-order valence-corrected chi connectivity index (χ0v) is 11.3. The molecule has 3 aliphatic carbocycles. The van der Waals surface area contributed by atoms with Crippen LogP contribution in [0.4, 0.5) is 0 Å². The van der Waals surface area contributed by atoms with Gasteiger partial charge in [0.05, 0.1) is 5.92 Å². The maximum Gasteiger partial charge on any atom is 0.308 e. The lowest BCUT2D eigenvalue weighted by atomic mass is 9.84. The first-order valence-electron chi connectivity index (χ1n) is 7.71. The van der Waals surface area contributed by atoms with E-state index >= 15 is 0 Å². The Balaban J connectivity index is 1.58. The molecule has 3 saturated carbocycles. The van der Waals surface area contributed by atoms with Crippen LogP contribution in [0.5, 0.6) is 0 Å². The largest absolute Gasteiger partial charge is 0.481 e. The smallest absolute Gasteiger partial charge is 0.308 e. The summed E-state index contributed by atoms with van der Waals surface area (Å²) in [5.74, 6) is 0.395. The monoisotopic (exact) mass is 265 g/mol. The van der Waals surface area contributed by atoms with Gasteiger partial charge in [-0.05, 0) is 37.5 Å².